The summed E-state index contributed by atoms with van der Waals surface area (Å²) in [5.41, 5.74) is 0.420. The minimum Gasteiger partial charge on any atom is -0.383 e. The zero-order valence-electron chi connectivity index (χ0n) is 12.8. The van der Waals surface area contributed by atoms with E-state index in [0.717, 1.165) is 12.8 Å². The predicted octanol–water partition coefficient (Wildman–Crippen LogP) is 2.68. The van der Waals surface area contributed by atoms with Crippen LogP contribution in [0.2, 0.25) is 5.02 Å². The number of nitrogens with one attached hydrogen (secondary N) is 1. The number of halogens is 1. The van der Waals surface area contributed by atoms with Crippen LogP contribution < -0.4 is 5.32 Å². The van der Waals surface area contributed by atoms with E-state index in [9.17, 15) is 4.79 Å². The molecule has 118 valence electrons. The number of hydrogen-bond acceptors (Lipinski definition) is 4. The molecule has 1 aromatic rings. The van der Waals surface area contributed by atoms with Gasteiger partial charge in [-0.3, -0.25) is 9.48 Å². The highest BCUT2D eigenvalue weighted by atomic mass is 35.5. The Labute approximate surface area is 131 Å². The number of nitrogens with zero attached hydrogens (tertiary/aromatic N) is 2. The van der Waals surface area contributed by atoms with Crippen molar-refractivity contribution < 1.29 is 9.53 Å². The van der Waals surface area contributed by atoms with Gasteiger partial charge >= 0.3 is 0 Å². The van der Waals surface area contributed by atoms with E-state index in [1.165, 1.54) is 25.5 Å². The molecule has 1 heterocycles. The Bertz CT molecular complexity index is 481. The molecule has 0 spiro atoms. The van der Waals surface area contributed by atoms with Crippen molar-refractivity contribution in [2.45, 2.75) is 50.6 Å². The number of carbonyl (C=O) groups excluding carboxylic acids is 1. The van der Waals surface area contributed by atoms with Crippen molar-refractivity contribution in [1.82, 2.24) is 15.1 Å². The smallest absolute Gasteiger partial charge is 0.184 e. The Kier molecular flexibility index (Phi) is 5.79. The van der Waals surface area contributed by atoms with E-state index in [-0.39, 0.29) is 11.3 Å². The van der Waals surface area contributed by atoms with Gasteiger partial charge < -0.3 is 10.1 Å². The van der Waals surface area contributed by atoms with Crippen molar-refractivity contribution in [2.24, 2.45) is 0 Å². The second kappa shape index (κ2) is 7.38. The molecule has 6 heteroatoms. The molecule has 0 saturated heterocycles. The number of carbonyl (C=O) groups is 1. The molecule has 1 saturated carbocycles. The minimum absolute atomic E-state index is 0.0600. The molecule has 0 unspecified atom stereocenters. The first-order valence-electron chi connectivity index (χ1n) is 7.54. The second-order valence-corrected chi connectivity index (χ2v) is 6.16. The normalized spacial score (nSPS) is 17.9. The predicted molar refractivity (Wildman–Crippen MR) is 82.9 cm³/mol. The maximum atomic E-state index is 12.7. The number of aromatic nitrogens is 2. The average Bonchev–Trinajstić information content (AvgIpc) is 2.87. The van der Waals surface area contributed by atoms with Crippen LogP contribution in [0.1, 0.15) is 49.0 Å². The summed E-state index contributed by atoms with van der Waals surface area (Å²) < 4.78 is 6.71. The van der Waals surface area contributed by atoms with Gasteiger partial charge in [0, 0.05) is 19.1 Å². The fourth-order valence-corrected chi connectivity index (χ4v) is 3.37. The number of methoxy groups -OCH3 is 1. The molecule has 2 rings (SSSR count). The molecule has 0 radical (unpaired) electrons. The van der Waals surface area contributed by atoms with Crippen molar-refractivity contribution in [3.63, 3.8) is 0 Å². The van der Waals surface area contributed by atoms with E-state index in [1.807, 2.05) is 7.05 Å². The number of rotatable bonds is 7. The maximum Gasteiger partial charge on any atom is 0.184 e. The summed E-state index contributed by atoms with van der Waals surface area (Å²) in [6.45, 7) is 1.05. The summed E-state index contributed by atoms with van der Waals surface area (Å²) in [6.07, 6.45) is 7.69. The van der Waals surface area contributed by atoms with Gasteiger partial charge in [-0.2, -0.15) is 5.10 Å². The lowest BCUT2D eigenvalue weighted by molar-refractivity contribution is 0.0901. The first kappa shape index (κ1) is 16.5. The van der Waals surface area contributed by atoms with E-state index in [0.29, 0.717) is 30.3 Å². The van der Waals surface area contributed by atoms with Crippen LogP contribution in [0.25, 0.3) is 0 Å². The van der Waals surface area contributed by atoms with Gasteiger partial charge in [0.25, 0.3) is 0 Å². The number of ketones is 1. The van der Waals surface area contributed by atoms with Crippen LogP contribution in [0.4, 0.5) is 0 Å². The van der Waals surface area contributed by atoms with Crippen molar-refractivity contribution in [2.75, 3.05) is 20.8 Å². The summed E-state index contributed by atoms with van der Waals surface area (Å²) in [6, 6.07) is 0. The van der Waals surface area contributed by atoms with Crippen LogP contribution in [0.5, 0.6) is 0 Å². The third-order valence-electron chi connectivity index (χ3n) is 4.41. The van der Waals surface area contributed by atoms with Gasteiger partial charge in [0.15, 0.2) is 5.78 Å². The quantitative estimate of drug-likeness (QED) is 0.786. The summed E-state index contributed by atoms with van der Waals surface area (Å²) >= 11 is 6.16. The lowest BCUT2D eigenvalue weighted by Crippen LogP contribution is -2.46. The van der Waals surface area contributed by atoms with Crippen molar-refractivity contribution in [1.29, 1.82) is 0 Å². The largest absolute Gasteiger partial charge is 0.383 e. The Hall–Kier alpha value is -0.910. The van der Waals surface area contributed by atoms with Gasteiger partial charge in [0.2, 0.25) is 0 Å². The van der Waals surface area contributed by atoms with Gasteiger partial charge in [0.1, 0.15) is 5.69 Å². The summed E-state index contributed by atoms with van der Waals surface area (Å²) in [5.74, 6) is 0.0600. The fourth-order valence-electron chi connectivity index (χ4n) is 3.12. The SMILES string of the molecule is CNC1(CC(=O)c2c(Cl)cnn2CCOC)CCCCC1. The summed E-state index contributed by atoms with van der Waals surface area (Å²) in [7, 11) is 3.58. The van der Waals surface area contributed by atoms with Gasteiger partial charge in [-0.05, 0) is 19.9 Å². The van der Waals surface area contributed by atoms with Crippen molar-refractivity contribution in [3.8, 4) is 0 Å². The molecule has 0 aromatic carbocycles. The first-order chi connectivity index (χ1) is 10.1. The topological polar surface area (TPSA) is 56.2 Å². The van der Waals surface area contributed by atoms with Crippen LogP contribution in [-0.2, 0) is 11.3 Å². The monoisotopic (exact) mass is 313 g/mol. The number of ether oxygens (including phenoxy) is 1. The van der Waals surface area contributed by atoms with Gasteiger partial charge in [-0.25, -0.2) is 0 Å². The van der Waals surface area contributed by atoms with Gasteiger partial charge in [-0.15, -0.1) is 0 Å². The van der Waals surface area contributed by atoms with Crippen molar-refractivity contribution >= 4 is 17.4 Å². The first-order valence-corrected chi connectivity index (χ1v) is 7.92. The Morgan fingerprint density at radius 2 is 2.19 bits per heavy atom. The summed E-state index contributed by atoms with van der Waals surface area (Å²) in [4.78, 5) is 12.7. The highest BCUT2D eigenvalue weighted by Gasteiger charge is 2.34. The third-order valence-corrected chi connectivity index (χ3v) is 4.68. The summed E-state index contributed by atoms with van der Waals surface area (Å²) in [5, 5.41) is 7.98. The Morgan fingerprint density at radius 3 is 2.81 bits per heavy atom. The number of hydrogen-bond donors (Lipinski definition) is 1. The van der Waals surface area contributed by atoms with Crippen LogP contribution >= 0.6 is 11.6 Å². The van der Waals surface area contributed by atoms with Gasteiger partial charge in [-0.1, -0.05) is 30.9 Å². The van der Waals surface area contributed by atoms with Crippen molar-refractivity contribution in [3.05, 3.63) is 16.9 Å². The van der Waals surface area contributed by atoms with E-state index < -0.39 is 0 Å². The molecular weight excluding hydrogens is 290 g/mol. The zero-order valence-corrected chi connectivity index (χ0v) is 13.6. The maximum absolute atomic E-state index is 12.7. The Balaban J connectivity index is 2.13. The standard InChI is InChI=1S/C15H24ClN3O2/c1-17-15(6-4-3-5-7-15)10-13(20)14-12(16)11-18-19(14)8-9-21-2/h11,17H,3-10H2,1-2H3. The lowest BCUT2D eigenvalue weighted by atomic mass is 9.78. The second-order valence-electron chi connectivity index (χ2n) is 5.75. The number of Topliss-reactive ketones (excluding diaryl/α,β-unsaturated/α-hetero) is 1. The van der Waals surface area contributed by atoms with Crippen LogP contribution in [0.15, 0.2) is 6.20 Å². The molecular formula is C15H24ClN3O2. The molecule has 5 nitrogen and oxygen atoms in total. The lowest BCUT2D eigenvalue weighted by Gasteiger charge is -2.36. The minimum atomic E-state index is -0.0883. The Morgan fingerprint density at radius 1 is 1.48 bits per heavy atom. The zero-order chi connectivity index (χ0) is 15.3. The van der Waals surface area contributed by atoms with E-state index in [2.05, 4.69) is 10.4 Å². The van der Waals surface area contributed by atoms with Gasteiger partial charge in [0.05, 0.1) is 24.4 Å². The molecule has 21 heavy (non-hydrogen) atoms. The molecule has 0 amide bonds. The molecule has 1 N–H and O–H groups in total. The fraction of sp³-hybridized carbons (Fsp3) is 0.733. The average molecular weight is 314 g/mol. The van der Waals surface area contributed by atoms with E-state index in [4.69, 9.17) is 16.3 Å². The molecule has 1 aromatic heterocycles. The third kappa shape index (κ3) is 3.84. The van der Waals surface area contributed by atoms with Crippen LogP contribution in [0.3, 0.4) is 0 Å². The highest BCUT2D eigenvalue weighted by molar-refractivity contribution is 6.33. The molecule has 0 bridgehead atoms. The molecule has 1 aliphatic rings. The highest BCUT2D eigenvalue weighted by Crippen LogP contribution is 2.32. The molecule has 1 fully saturated rings. The molecule has 0 aliphatic heterocycles. The van der Waals surface area contributed by atoms with Crippen LogP contribution in [0, 0.1) is 0 Å². The van der Waals surface area contributed by atoms with E-state index >= 15 is 0 Å². The van der Waals surface area contributed by atoms with Crippen LogP contribution in [-0.4, -0.2) is 41.9 Å². The molecule has 1 aliphatic carbocycles. The molecule has 0 atom stereocenters. The van der Waals surface area contributed by atoms with E-state index in [1.54, 1.807) is 11.8 Å².